The number of aromatic nitrogens is 2. The number of anilines is 2. The van der Waals surface area contributed by atoms with E-state index in [9.17, 15) is 9.18 Å². The van der Waals surface area contributed by atoms with Crippen molar-refractivity contribution in [1.82, 2.24) is 9.97 Å². The zero-order valence-corrected chi connectivity index (χ0v) is 14.6. The van der Waals surface area contributed by atoms with Crippen molar-refractivity contribution in [3.8, 4) is 0 Å². The molecule has 1 fully saturated rings. The average Bonchev–Trinajstić information content (AvgIpc) is 3.13. The lowest BCUT2D eigenvalue weighted by atomic mass is 10.1. The molecule has 4 rings (SSSR count). The van der Waals surface area contributed by atoms with Gasteiger partial charge in [-0.1, -0.05) is 23.7 Å². The lowest BCUT2D eigenvalue weighted by Gasteiger charge is -2.25. The molecule has 0 saturated carbocycles. The first-order valence-electron chi connectivity index (χ1n) is 8.36. The molecule has 1 aliphatic rings. The van der Waals surface area contributed by atoms with Gasteiger partial charge in [0.05, 0.1) is 11.2 Å². The number of hydrogen-bond donors (Lipinski definition) is 1. The van der Waals surface area contributed by atoms with Crippen molar-refractivity contribution < 1.29 is 9.18 Å². The molecule has 0 unspecified atom stereocenters. The smallest absolute Gasteiger partial charge is 0.247 e. The van der Waals surface area contributed by atoms with Crippen LogP contribution in [0.25, 0.3) is 10.9 Å². The molecule has 5 nitrogen and oxygen atoms in total. The summed E-state index contributed by atoms with van der Waals surface area (Å²) in [6.45, 7) is 0.711. The van der Waals surface area contributed by atoms with E-state index < -0.39 is 11.9 Å². The fraction of sp³-hybridized carbons (Fsp3) is 0.211. The number of nitrogens with zero attached hydrogens (tertiary/aromatic N) is 3. The third kappa shape index (κ3) is 3.08. The molecule has 1 saturated heterocycles. The van der Waals surface area contributed by atoms with E-state index in [1.54, 1.807) is 6.07 Å². The first-order chi connectivity index (χ1) is 12.6. The van der Waals surface area contributed by atoms with Gasteiger partial charge < -0.3 is 10.2 Å². The first kappa shape index (κ1) is 16.7. The topological polar surface area (TPSA) is 58.1 Å². The Kier molecular flexibility index (Phi) is 4.42. The normalized spacial score (nSPS) is 16.8. The van der Waals surface area contributed by atoms with Crippen molar-refractivity contribution in [2.75, 3.05) is 16.8 Å². The summed E-state index contributed by atoms with van der Waals surface area (Å²) in [5, 5.41) is 3.85. The lowest BCUT2D eigenvalue weighted by molar-refractivity contribution is -0.117. The molecule has 1 atom stereocenters. The molecule has 26 heavy (non-hydrogen) atoms. The summed E-state index contributed by atoms with van der Waals surface area (Å²) in [5.41, 5.74) is 0.950. The van der Waals surface area contributed by atoms with Gasteiger partial charge in [-0.2, -0.15) is 0 Å². The molecule has 1 aromatic heterocycles. The summed E-state index contributed by atoms with van der Waals surface area (Å²) in [4.78, 5) is 23.4. The standard InChI is InChI=1S/C19H16ClFN4O/c20-12-7-8-16(14(21)10-12)24-19(26)17-6-3-9-25(17)18-13-4-1-2-5-15(13)22-11-23-18/h1-2,4-5,7-8,10-11,17H,3,6,9H2,(H,24,26)/t17-/m0/s1. The fourth-order valence-electron chi connectivity index (χ4n) is 3.32. The molecular formula is C19H16ClFN4O. The van der Waals surface area contributed by atoms with Crippen molar-refractivity contribution in [2.24, 2.45) is 0 Å². The van der Waals surface area contributed by atoms with Crippen LogP contribution in [0, 0.1) is 5.82 Å². The number of para-hydroxylation sites is 1. The van der Waals surface area contributed by atoms with Gasteiger partial charge in [0.2, 0.25) is 5.91 Å². The van der Waals surface area contributed by atoms with Crippen LogP contribution in [-0.4, -0.2) is 28.5 Å². The highest BCUT2D eigenvalue weighted by Gasteiger charge is 2.33. The van der Waals surface area contributed by atoms with Gasteiger partial charge in [-0.25, -0.2) is 14.4 Å². The summed E-state index contributed by atoms with van der Waals surface area (Å²) in [6, 6.07) is 11.5. The number of fused-ring (bicyclic) bond motifs is 1. The zero-order valence-electron chi connectivity index (χ0n) is 13.8. The van der Waals surface area contributed by atoms with Crippen LogP contribution < -0.4 is 10.2 Å². The molecule has 7 heteroatoms. The van der Waals surface area contributed by atoms with Crippen LogP contribution in [0.4, 0.5) is 15.9 Å². The van der Waals surface area contributed by atoms with E-state index in [1.807, 2.05) is 29.2 Å². The minimum Gasteiger partial charge on any atom is -0.344 e. The first-order valence-corrected chi connectivity index (χ1v) is 8.73. The maximum absolute atomic E-state index is 14.0. The number of carbonyl (C=O) groups excluding carboxylic acids is 1. The van der Waals surface area contributed by atoms with Crippen LogP contribution in [0.3, 0.4) is 0 Å². The molecule has 3 aromatic rings. The van der Waals surface area contributed by atoms with Crippen molar-refractivity contribution in [1.29, 1.82) is 0 Å². The number of nitrogens with one attached hydrogen (secondary N) is 1. The van der Waals surface area contributed by atoms with Crippen LogP contribution in [0.1, 0.15) is 12.8 Å². The van der Waals surface area contributed by atoms with E-state index in [4.69, 9.17) is 11.6 Å². The molecular weight excluding hydrogens is 355 g/mol. The van der Waals surface area contributed by atoms with Crippen LogP contribution in [0.15, 0.2) is 48.8 Å². The minimum absolute atomic E-state index is 0.124. The summed E-state index contributed by atoms with van der Waals surface area (Å²) < 4.78 is 14.0. The molecule has 0 radical (unpaired) electrons. The van der Waals surface area contributed by atoms with Gasteiger partial charge in [0.25, 0.3) is 0 Å². The summed E-state index contributed by atoms with van der Waals surface area (Å²) >= 11 is 5.76. The van der Waals surface area contributed by atoms with Gasteiger partial charge in [0, 0.05) is 17.0 Å². The fourth-order valence-corrected chi connectivity index (χ4v) is 3.48. The quantitative estimate of drug-likeness (QED) is 0.756. The predicted molar refractivity (Wildman–Crippen MR) is 99.9 cm³/mol. The van der Waals surface area contributed by atoms with E-state index in [-0.39, 0.29) is 16.6 Å². The molecule has 1 amide bonds. The summed E-state index contributed by atoms with van der Waals surface area (Å²) in [5.74, 6) is -0.0841. The highest BCUT2D eigenvalue weighted by molar-refractivity contribution is 6.30. The Hall–Kier alpha value is -2.73. The monoisotopic (exact) mass is 370 g/mol. The third-order valence-corrected chi connectivity index (χ3v) is 4.77. The maximum Gasteiger partial charge on any atom is 0.247 e. The van der Waals surface area contributed by atoms with E-state index in [1.165, 1.54) is 18.5 Å². The second kappa shape index (κ2) is 6.88. The highest BCUT2D eigenvalue weighted by atomic mass is 35.5. The van der Waals surface area contributed by atoms with Crippen LogP contribution in [0.2, 0.25) is 5.02 Å². The minimum atomic E-state index is -0.553. The van der Waals surface area contributed by atoms with Crippen LogP contribution in [-0.2, 0) is 4.79 Å². The molecule has 2 heterocycles. The van der Waals surface area contributed by atoms with Gasteiger partial charge in [-0.15, -0.1) is 0 Å². The van der Waals surface area contributed by atoms with Crippen molar-refractivity contribution in [3.63, 3.8) is 0 Å². The van der Waals surface area contributed by atoms with Crippen molar-refractivity contribution in [3.05, 3.63) is 59.6 Å². The molecule has 2 aromatic carbocycles. The second-order valence-electron chi connectivity index (χ2n) is 6.18. The molecule has 132 valence electrons. The van der Waals surface area contributed by atoms with Gasteiger partial charge in [0.1, 0.15) is 24.0 Å². The number of hydrogen-bond acceptors (Lipinski definition) is 4. The summed E-state index contributed by atoms with van der Waals surface area (Å²) in [6.07, 6.45) is 3.04. The zero-order chi connectivity index (χ0) is 18.1. The Labute approximate surface area is 154 Å². The molecule has 1 N–H and O–H groups in total. The number of benzene rings is 2. The van der Waals surface area contributed by atoms with Crippen molar-refractivity contribution >= 4 is 39.9 Å². The predicted octanol–water partition coefficient (Wildman–Crippen LogP) is 4.03. The third-order valence-electron chi connectivity index (χ3n) is 4.54. The molecule has 1 aliphatic heterocycles. The van der Waals surface area contributed by atoms with Crippen LogP contribution in [0.5, 0.6) is 0 Å². The lowest BCUT2D eigenvalue weighted by Crippen LogP contribution is -2.40. The van der Waals surface area contributed by atoms with E-state index in [2.05, 4.69) is 15.3 Å². The van der Waals surface area contributed by atoms with Gasteiger partial charge >= 0.3 is 0 Å². The Morgan fingerprint density at radius 3 is 2.92 bits per heavy atom. The number of amides is 1. The Morgan fingerprint density at radius 1 is 1.23 bits per heavy atom. The SMILES string of the molecule is O=C(Nc1ccc(Cl)cc1F)[C@@H]1CCCN1c1ncnc2ccccc12. The molecule has 0 bridgehead atoms. The average molecular weight is 371 g/mol. The Bertz CT molecular complexity index is 975. The van der Waals surface area contributed by atoms with E-state index in [0.717, 1.165) is 23.1 Å². The van der Waals surface area contributed by atoms with Gasteiger partial charge in [0.15, 0.2) is 0 Å². The van der Waals surface area contributed by atoms with E-state index in [0.29, 0.717) is 13.0 Å². The number of carbonyl (C=O) groups is 1. The number of rotatable bonds is 3. The van der Waals surface area contributed by atoms with Gasteiger partial charge in [-0.05, 0) is 43.2 Å². The van der Waals surface area contributed by atoms with Crippen molar-refractivity contribution in [2.45, 2.75) is 18.9 Å². The molecule has 0 spiro atoms. The van der Waals surface area contributed by atoms with Crippen LogP contribution >= 0.6 is 11.6 Å². The Balaban J connectivity index is 1.62. The second-order valence-corrected chi connectivity index (χ2v) is 6.62. The van der Waals surface area contributed by atoms with E-state index >= 15 is 0 Å². The van der Waals surface area contributed by atoms with Gasteiger partial charge in [-0.3, -0.25) is 4.79 Å². The maximum atomic E-state index is 14.0. The number of halogens is 2. The summed E-state index contributed by atoms with van der Waals surface area (Å²) in [7, 11) is 0. The Morgan fingerprint density at radius 2 is 2.08 bits per heavy atom. The highest BCUT2D eigenvalue weighted by Crippen LogP contribution is 2.30. The largest absolute Gasteiger partial charge is 0.344 e. The molecule has 0 aliphatic carbocycles.